The second-order valence-corrected chi connectivity index (χ2v) is 7.13. The number of hydrogen-bond donors (Lipinski definition) is 0. The first-order valence-corrected chi connectivity index (χ1v) is 9.17. The van der Waals surface area contributed by atoms with Crippen molar-refractivity contribution in [1.29, 1.82) is 0 Å². The minimum atomic E-state index is 0.499. The normalized spacial score (nSPS) is 18.5. The van der Waals surface area contributed by atoms with E-state index in [-0.39, 0.29) is 0 Å². The molecule has 0 amide bonds. The van der Waals surface area contributed by atoms with Crippen LogP contribution in [0.3, 0.4) is 0 Å². The SMILES string of the molecule is Cc1nc(C)n(C[C@H]2CCCN2Cc2csc(-c3ccco3)n2)n1. The Labute approximate surface area is 145 Å². The number of hydrogen-bond acceptors (Lipinski definition) is 6. The smallest absolute Gasteiger partial charge is 0.162 e. The second kappa shape index (κ2) is 6.49. The molecule has 6 nitrogen and oxygen atoms in total. The highest BCUT2D eigenvalue weighted by molar-refractivity contribution is 7.13. The van der Waals surface area contributed by atoms with Gasteiger partial charge in [0, 0.05) is 18.0 Å². The van der Waals surface area contributed by atoms with E-state index in [1.54, 1.807) is 17.6 Å². The summed E-state index contributed by atoms with van der Waals surface area (Å²) in [6, 6.07) is 4.35. The predicted molar refractivity (Wildman–Crippen MR) is 92.7 cm³/mol. The molecule has 3 aromatic rings. The Morgan fingerprint density at radius 1 is 1.33 bits per heavy atom. The van der Waals surface area contributed by atoms with Gasteiger partial charge in [0.15, 0.2) is 10.8 Å². The molecule has 3 aromatic heterocycles. The van der Waals surface area contributed by atoms with Gasteiger partial charge in [-0.2, -0.15) is 5.10 Å². The Bertz CT molecular complexity index is 807. The maximum absolute atomic E-state index is 5.43. The minimum Gasteiger partial charge on any atom is -0.462 e. The molecule has 0 saturated carbocycles. The summed E-state index contributed by atoms with van der Waals surface area (Å²) in [4.78, 5) is 11.6. The van der Waals surface area contributed by atoms with E-state index in [1.807, 2.05) is 30.7 Å². The average Bonchev–Trinajstić information content (AvgIpc) is 3.30. The highest BCUT2D eigenvalue weighted by Crippen LogP contribution is 2.27. The third kappa shape index (κ3) is 3.14. The molecule has 126 valence electrons. The van der Waals surface area contributed by atoms with E-state index in [0.717, 1.165) is 47.7 Å². The van der Waals surface area contributed by atoms with E-state index in [1.165, 1.54) is 12.8 Å². The fourth-order valence-electron chi connectivity index (χ4n) is 3.35. The maximum Gasteiger partial charge on any atom is 0.162 e. The van der Waals surface area contributed by atoms with Crippen molar-refractivity contribution in [3.05, 3.63) is 41.1 Å². The number of aryl methyl sites for hydroxylation is 2. The lowest BCUT2D eigenvalue weighted by atomic mass is 10.2. The highest BCUT2D eigenvalue weighted by Gasteiger charge is 2.26. The van der Waals surface area contributed by atoms with E-state index in [2.05, 4.69) is 20.4 Å². The van der Waals surface area contributed by atoms with Gasteiger partial charge < -0.3 is 4.42 Å². The predicted octanol–water partition coefficient (Wildman–Crippen LogP) is 3.28. The second-order valence-electron chi connectivity index (χ2n) is 6.28. The highest BCUT2D eigenvalue weighted by atomic mass is 32.1. The van der Waals surface area contributed by atoms with Crippen LogP contribution in [0.2, 0.25) is 0 Å². The van der Waals surface area contributed by atoms with E-state index in [0.29, 0.717) is 6.04 Å². The molecule has 1 aliphatic rings. The van der Waals surface area contributed by atoms with Crippen LogP contribution in [0, 0.1) is 13.8 Å². The Kier molecular flexibility index (Phi) is 4.20. The van der Waals surface area contributed by atoms with Gasteiger partial charge in [-0.15, -0.1) is 11.3 Å². The quantitative estimate of drug-likeness (QED) is 0.711. The summed E-state index contributed by atoms with van der Waals surface area (Å²) < 4.78 is 7.47. The van der Waals surface area contributed by atoms with Crippen molar-refractivity contribution in [3.63, 3.8) is 0 Å². The van der Waals surface area contributed by atoms with E-state index in [9.17, 15) is 0 Å². The van der Waals surface area contributed by atoms with Gasteiger partial charge in [-0.05, 0) is 45.4 Å². The van der Waals surface area contributed by atoms with Gasteiger partial charge in [-0.25, -0.2) is 14.6 Å². The van der Waals surface area contributed by atoms with Gasteiger partial charge in [0.2, 0.25) is 0 Å². The van der Waals surface area contributed by atoms with Crippen molar-refractivity contribution in [2.45, 2.75) is 45.8 Å². The molecule has 1 saturated heterocycles. The van der Waals surface area contributed by atoms with E-state index < -0.39 is 0 Å². The lowest BCUT2D eigenvalue weighted by Crippen LogP contribution is -2.33. The zero-order chi connectivity index (χ0) is 16.5. The Balaban J connectivity index is 1.44. The van der Waals surface area contributed by atoms with Gasteiger partial charge in [0.25, 0.3) is 0 Å². The summed E-state index contributed by atoms with van der Waals surface area (Å²) in [5, 5.41) is 7.60. The molecule has 1 fully saturated rings. The van der Waals surface area contributed by atoms with Crippen molar-refractivity contribution in [3.8, 4) is 10.8 Å². The van der Waals surface area contributed by atoms with Gasteiger partial charge in [-0.1, -0.05) is 0 Å². The molecule has 0 spiro atoms. The van der Waals surface area contributed by atoms with Crippen molar-refractivity contribution in [2.75, 3.05) is 6.54 Å². The number of rotatable bonds is 5. The first-order chi connectivity index (χ1) is 11.7. The summed E-state index contributed by atoms with van der Waals surface area (Å²) >= 11 is 1.64. The molecule has 0 radical (unpaired) electrons. The van der Waals surface area contributed by atoms with Crippen LogP contribution >= 0.6 is 11.3 Å². The van der Waals surface area contributed by atoms with E-state index in [4.69, 9.17) is 9.40 Å². The Hall–Kier alpha value is -1.99. The van der Waals surface area contributed by atoms with Crippen LogP contribution in [0.4, 0.5) is 0 Å². The van der Waals surface area contributed by atoms with E-state index >= 15 is 0 Å². The zero-order valence-corrected chi connectivity index (χ0v) is 14.8. The topological polar surface area (TPSA) is 60.0 Å². The average molecular weight is 343 g/mol. The number of nitrogens with zero attached hydrogens (tertiary/aromatic N) is 5. The fourth-order valence-corrected chi connectivity index (χ4v) is 4.12. The lowest BCUT2D eigenvalue weighted by molar-refractivity contribution is 0.216. The van der Waals surface area contributed by atoms with Gasteiger partial charge >= 0.3 is 0 Å². The first kappa shape index (κ1) is 15.5. The zero-order valence-electron chi connectivity index (χ0n) is 14.0. The van der Waals surface area contributed by atoms with Crippen molar-refractivity contribution < 1.29 is 4.42 Å². The van der Waals surface area contributed by atoms with Gasteiger partial charge in [-0.3, -0.25) is 4.90 Å². The van der Waals surface area contributed by atoms with Crippen molar-refractivity contribution in [1.82, 2.24) is 24.6 Å². The minimum absolute atomic E-state index is 0.499. The molecule has 0 N–H and O–H groups in total. The summed E-state index contributed by atoms with van der Waals surface area (Å²) in [6.07, 6.45) is 4.12. The van der Waals surface area contributed by atoms with Crippen LogP contribution in [0.1, 0.15) is 30.2 Å². The first-order valence-electron chi connectivity index (χ1n) is 8.29. The Morgan fingerprint density at radius 3 is 3.00 bits per heavy atom. The Morgan fingerprint density at radius 2 is 2.25 bits per heavy atom. The molecular weight excluding hydrogens is 322 g/mol. The van der Waals surface area contributed by atoms with Crippen molar-refractivity contribution >= 4 is 11.3 Å². The van der Waals surface area contributed by atoms with Gasteiger partial charge in [0.05, 0.1) is 18.5 Å². The molecule has 24 heavy (non-hydrogen) atoms. The van der Waals surface area contributed by atoms with Crippen LogP contribution in [0.5, 0.6) is 0 Å². The standard InChI is InChI=1S/C17H21N5OS/c1-12-18-13(2)22(20-12)10-15-5-3-7-21(15)9-14-11-24-17(19-14)16-6-4-8-23-16/h4,6,8,11,15H,3,5,7,9-10H2,1-2H3/t15-/m1/s1. The van der Waals surface area contributed by atoms with Crippen LogP contribution < -0.4 is 0 Å². The molecule has 1 atom stereocenters. The molecule has 1 aliphatic heterocycles. The molecule has 0 aliphatic carbocycles. The number of likely N-dealkylation sites (tertiary alicyclic amines) is 1. The van der Waals surface area contributed by atoms with Crippen molar-refractivity contribution in [2.24, 2.45) is 0 Å². The molecule has 0 aromatic carbocycles. The van der Waals surface area contributed by atoms with Gasteiger partial charge in [0.1, 0.15) is 11.6 Å². The van der Waals surface area contributed by atoms with Crippen LogP contribution in [0.15, 0.2) is 28.2 Å². The molecule has 4 heterocycles. The third-order valence-electron chi connectivity index (χ3n) is 4.49. The lowest BCUT2D eigenvalue weighted by Gasteiger charge is -2.23. The summed E-state index contributed by atoms with van der Waals surface area (Å²) in [5.74, 6) is 2.69. The van der Waals surface area contributed by atoms with Crippen LogP contribution in [0.25, 0.3) is 10.8 Å². The molecule has 4 rings (SSSR count). The molecule has 0 unspecified atom stereocenters. The third-order valence-corrected chi connectivity index (χ3v) is 5.40. The number of furan rings is 1. The molecule has 0 bridgehead atoms. The fraction of sp³-hybridized carbons (Fsp3) is 0.471. The summed E-state index contributed by atoms with van der Waals surface area (Å²) in [7, 11) is 0. The maximum atomic E-state index is 5.43. The molecule has 7 heteroatoms. The number of aromatic nitrogens is 4. The molecular formula is C17H21N5OS. The van der Waals surface area contributed by atoms with Crippen LogP contribution in [-0.2, 0) is 13.1 Å². The number of thiazole rings is 1. The largest absolute Gasteiger partial charge is 0.462 e. The monoisotopic (exact) mass is 343 g/mol. The summed E-state index contributed by atoms with van der Waals surface area (Å²) in [5.41, 5.74) is 1.12. The van der Waals surface area contributed by atoms with Crippen LogP contribution in [-0.4, -0.2) is 37.2 Å². The summed E-state index contributed by atoms with van der Waals surface area (Å²) in [6.45, 7) is 6.87.